The Kier molecular flexibility index (Phi) is 4.24. The summed E-state index contributed by atoms with van der Waals surface area (Å²) in [5.41, 5.74) is 7.65. The maximum Gasteiger partial charge on any atom is 0.0945 e. The van der Waals surface area contributed by atoms with Crippen molar-refractivity contribution >= 4 is 34.0 Å². The monoisotopic (exact) mass is 342 g/mol. The smallest absolute Gasteiger partial charge is 0.0945 e. The van der Waals surface area contributed by atoms with Gasteiger partial charge < -0.3 is 15.6 Å². The van der Waals surface area contributed by atoms with E-state index in [1.165, 1.54) is 0 Å². The van der Waals surface area contributed by atoms with Gasteiger partial charge in [0.2, 0.25) is 0 Å². The summed E-state index contributed by atoms with van der Waals surface area (Å²) in [5.74, 6) is 0. The lowest BCUT2D eigenvalue weighted by Crippen LogP contribution is -2.06. The van der Waals surface area contributed by atoms with Crippen molar-refractivity contribution in [3.8, 4) is 0 Å². The molecule has 0 aliphatic carbocycles. The van der Waals surface area contributed by atoms with Crippen molar-refractivity contribution < 1.29 is 0 Å². The van der Waals surface area contributed by atoms with Gasteiger partial charge in [0.05, 0.1) is 6.33 Å². The van der Waals surface area contributed by atoms with Gasteiger partial charge in [0.1, 0.15) is 0 Å². The Morgan fingerprint density at radius 3 is 3.00 bits per heavy atom. The summed E-state index contributed by atoms with van der Waals surface area (Å²) in [6.07, 6.45) is 6.69. The molecule has 1 heterocycles. The van der Waals surface area contributed by atoms with Gasteiger partial charge in [-0.25, -0.2) is 4.98 Å². The molecule has 1 aromatic heterocycles. The van der Waals surface area contributed by atoms with Crippen molar-refractivity contribution in [1.29, 1.82) is 0 Å². The average Bonchev–Trinajstić information content (AvgIpc) is 2.79. The van der Waals surface area contributed by atoms with Crippen LogP contribution in [-0.4, -0.2) is 16.1 Å². The van der Waals surface area contributed by atoms with E-state index < -0.39 is 0 Å². The van der Waals surface area contributed by atoms with E-state index in [1.54, 1.807) is 6.20 Å². The first kappa shape index (κ1) is 12.2. The zero-order valence-electron chi connectivity index (χ0n) is 9.44. The molecule has 0 amide bonds. The Labute approximate surface area is 114 Å². The molecule has 2 rings (SSSR count). The third-order valence-electron chi connectivity index (χ3n) is 2.46. The summed E-state index contributed by atoms with van der Waals surface area (Å²) in [7, 11) is 0. The van der Waals surface area contributed by atoms with Gasteiger partial charge in [-0.05, 0) is 47.2 Å². The third kappa shape index (κ3) is 3.62. The lowest BCUT2D eigenvalue weighted by molar-refractivity contribution is 0.660. The Bertz CT molecular complexity index is 467. The molecule has 0 unspecified atom stereocenters. The molecule has 3 N–H and O–H groups in total. The molecule has 0 radical (unpaired) electrons. The molecule has 0 fully saturated rings. The van der Waals surface area contributed by atoms with Crippen LogP contribution in [0.25, 0.3) is 0 Å². The van der Waals surface area contributed by atoms with E-state index in [4.69, 9.17) is 5.73 Å². The van der Waals surface area contributed by atoms with Gasteiger partial charge in [0.25, 0.3) is 0 Å². The molecule has 0 spiro atoms. The van der Waals surface area contributed by atoms with Crippen molar-refractivity contribution in [2.75, 3.05) is 17.6 Å². The quantitative estimate of drug-likeness (QED) is 0.499. The molecule has 0 bridgehead atoms. The fourth-order valence-corrected chi connectivity index (χ4v) is 2.31. The first-order chi connectivity index (χ1) is 8.25. The third-order valence-corrected chi connectivity index (χ3v) is 3.35. The topological polar surface area (TPSA) is 55.9 Å². The normalized spacial score (nSPS) is 10.4. The summed E-state index contributed by atoms with van der Waals surface area (Å²) < 4.78 is 3.24. The fraction of sp³-hybridized carbons (Fsp3) is 0.250. The second kappa shape index (κ2) is 5.90. The predicted octanol–water partition coefficient (Wildman–Crippen LogP) is 2.57. The van der Waals surface area contributed by atoms with Gasteiger partial charge in [0, 0.05) is 40.4 Å². The van der Waals surface area contributed by atoms with Crippen LogP contribution in [0.1, 0.15) is 6.42 Å². The number of nitrogens with two attached hydrogens (primary N) is 1. The first-order valence-corrected chi connectivity index (χ1v) is 6.58. The standard InChI is InChI=1S/C12H15IN4/c13-11-8-10(14)2-3-12(11)16-4-1-6-17-7-5-15-9-17/h2-3,5,7-9,16H,1,4,6,14H2. The minimum absolute atomic E-state index is 0.804. The van der Waals surface area contributed by atoms with E-state index in [1.807, 2.05) is 30.7 Å². The molecule has 4 nitrogen and oxygen atoms in total. The second-order valence-electron chi connectivity index (χ2n) is 3.82. The molecule has 17 heavy (non-hydrogen) atoms. The van der Waals surface area contributed by atoms with E-state index >= 15 is 0 Å². The number of rotatable bonds is 5. The van der Waals surface area contributed by atoms with Crippen LogP contribution in [0.2, 0.25) is 0 Å². The number of aromatic nitrogens is 2. The van der Waals surface area contributed by atoms with Gasteiger partial charge >= 0.3 is 0 Å². The van der Waals surface area contributed by atoms with Crippen LogP contribution in [0, 0.1) is 3.57 Å². The number of imidazole rings is 1. The SMILES string of the molecule is Nc1ccc(NCCCn2ccnc2)c(I)c1. The number of nitrogens with zero attached hydrogens (tertiary/aromatic N) is 2. The molecule has 0 aliphatic heterocycles. The van der Waals surface area contributed by atoms with E-state index in [0.717, 1.165) is 34.5 Å². The van der Waals surface area contributed by atoms with Crippen LogP contribution in [0.4, 0.5) is 11.4 Å². The molecule has 2 aromatic rings. The lowest BCUT2D eigenvalue weighted by atomic mass is 10.3. The van der Waals surface area contributed by atoms with E-state index in [2.05, 4.69) is 37.5 Å². The highest BCUT2D eigenvalue weighted by Gasteiger charge is 1.99. The summed E-state index contributed by atoms with van der Waals surface area (Å²) in [6.45, 7) is 1.93. The van der Waals surface area contributed by atoms with Crippen molar-refractivity contribution in [2.45, 2.75) is 13.0 Å². The number of anilines is 2. The molecule has 0 saturated carbocycles. The number of aryl methyl sites for hydroxylation is 1. The van der Waals surface area contributed by atoms with Crippen molar-refractivity contribution in [2.24, 2.45) is 0 Å². The summed E-state index contributed by atoms with van der Waals surface area (Å²) in [5, 5.41) is 3.41. The number of hydrogen-bond acceptors (Lipinski definition) is 3. The maximum absolute atomic E-state index is 5.70. The highest BCUT2D eigenvalue weighted by Crippen LogP contribution is 2.20. The summed E-state index contributed by atoms with van der Waals surface area (Å²) in [4.78, 5) is 4.01. The Balaban J connectivity index is 1.78. The molecule has 1 aromatic carbocycles. The van der Waals surface area contributed by atoms with Crippen molar-refractivity contribution in [1.82, 2.24) is 9.55 Å². The summed E-state index contributed by atoms with van der Waals surface area (Å²) in [6, 6.07) is 5.91. The zero-order valence-corrected chi connectivity index (χ0v) is 11.6. The van der Waals surface area contributed by atoms with E-state index in [-0.39, 0.29) is 0 Å². The number of nitrogen functional groups attached to an aromatic ring is 1. The van der Waals surface area contributed by atoms with Gasteiger partial charge in [-0.3, -0.25) is 0 Å². The highest BCUT2D eigenvalue weighted by atomic mass is 127. The number of benzene rings is 1. The van der Waals surface area contributed by atoms with Crippen LogP contribution in [-0.2, 0) is 6.54 Å². The Morgan fingerprint density at radius 2 is 2.29 bits per heavy atom. The van der Waals surface area contributed by atoms with Gasteiger partial charge in [-0.2, -0.15) is 0 Å². The Morgan fingerprint density at radius 1 is 1.41 bits per heavy atom. The molecule has 5 heteroatoms. The van der Waals surface area contributed by atoms with Gasteiger partial charge in [-0.1, -0.05) is 0 Å². The second-order valence-corrected chi connectivity index (χ2v) is 4.98. The number of nitrogens with one attached hydrogen (secondary N) is 1. The van der Waals surface area contributed by atoms with Crippen LogP contribution in [0.3, 0.4) is 0 Å². The lowest BCUT2D eigenvalue weighted by Gasteiger charge is -2.09. The fourth-order valence-electron chi connectivity index (χ4n) is 1.58. The first-order valence-electron chi connectivity index (χ1n) is 5.50. The van der Waals surface area contributed by atoms with Gasteiger partial charge in [0.15, 0.2) is 0 Å². The molecular formula is C12H15IN4. The van der Waals surface area contributed by atoms with Crippen molar-refractivity contribution in [3.05, 3.63) is 40.5 Å². The molecule has 0 aliphatic rings. The van der Waals surface area contributed by atoms with Crippen LogP contribution >= 0.6 is 22.6 Å². The molecule has 0 atom stereocenters. The Hall–Kier alpha value is -1.24. The number of hydrogen-bond donors (Lipinski definition) is 2. The van der Waals surface area contributed by atoms with E-state index in [9.17, 15) is 0 Å². The average molecular weight is 342 g/mol. The largest absolute Gasteiger partial charge is 0.399 e. The predicted molar refractivity (Wildman–Crippen MR) is 78.9 cm³/mol. The number of halogens is 1. The summed E-state index contributed by atoms with van der Waals surface area (Å²) >= 11 is 2.29. The zero-order chi connectivity index (χ0) is 12.1. The van der Waals surface area contributed by atoms with Gasteiger partial charge in [-0.15, -0.1) is 0 Å². The minimum atomic E-state index is 0.804. The van der Waals surface area contributed by atoms with Crippen LogP contribution < -0.4 is 11.1 Å². The molecular weight excluding hydrogens is 327 g/mol. The van der Waals surface area contributed by atoms with Crippen molar-refractivity contribution in [3.63, 3.8) is 0 Å². The maximum atomic E-state index is 5.70. The van der Waals surface area contributed by atoms with Crippen LogP contribution in [0.15, 0.2) is 36.9 Å². The molecule has 0 saturated heterocycles. The van der Waals surface area contributed by atoms with Crippen LogP contribution in [0.5, 0.6) is 0 Å². The van der Waals surface area contributed by atoms with E-state index in [0.29, 0.717) is 0 Å². The minimum Gasteiger partial charge on any atom is -0.399 e. The highest BCUT2D eigenvalue weighted by molar-refractivity contribution is 14.1. The molecule has 90 valence electrons.